The summed E-state index contributed by atoms with van der Waals surface area (Å²) in [6.45, 7) is 15.4. The van der Waals surface area contributed by atoms with Crippen LogP contribution in [-0.2, 0) is 58.5 Å². The number of hydrogen-bond acceptors (Lipinski definition) is 11. The van der Waals surface area contributed by atoms with Crippen LogP contribution in [0, 0.1) is 6.92 Å². The van der Waals surface area contributed by atoms with E-state index in [1.54, 1.807) is 79.7 Å². The first-order valence-electron chi connectivity index (χ1n) is 13.3. The molecule has 0 unspecified atom stereocenters. The van der Waals surface area contributed by atoms with E-state index in [1.165, 1.54) is 0 Å². The Morgan fingerprint density at radius 1 is 0.558 bits per heavy atom. The van der Waals surface area contributed by atoms with Crippen LogP contribution in [0.1, 0.15) is 66.5 Å². The zero-order valence-corrected chi connectivity index (χ0v) is 30.1. The Bertz CT molecular complexity index is 1440. The van der Waals surface area contributed by atoms with Gasteiger partial charge in [0.25, 0.3) is 30.4 Å². The molecule has 15 heteroatoms. The molecule has 0 amide bonds. The molecule has 250 valence electrons. The Kier molecular flexibility index (Phi) is 19.6. The molecule has 0 radical (unpaired) electrons. The molecule has 0 aliphatic heterocycles. The lowest BCUT2D eigenvalue weighted by Crippen LogP contribution is -2.15. The highest BCUT2D eigenvalue weighted by atomic mass is 32.2. The van der Waals surface area contributed by atoms with Gasteiger partial charge in [0.1, 0.15) is 0 Å². The maximum Gasteiger partial charge on any atom is 0.297 e. The van der Waals surface area contributed by atoms with Gasteiger partial charge in [0.2, 0.25) is 0 Å². The highest BCUT2D eigenvalue weighted by molar-refractivity contribution is 7.91. The van der Waals surface area contributed by atoms with Crippen LogP contribution < -0.4 is 0 Å². The quantitative estimate of drug-likeness (QED) is 0.313. The van der Waals surface area contributed by atoms with Gasteiger partial charge in [-0.15, -0.1) is 0 Å². The van der Waals surface area contributed by atoms with Crippen molar-refractivity contribution in [1.82, 2.24) is 0 Å². The van der Waals surface area contributed by atoms with Gasteiger partial charge in [-0.05, 0) is 80.0 Å². The Hall–Kier alpha value is -1.88. The molecule has 0 aromatic heterocycles. The van der Waals surface area contributed by atoms with Crippen molar-refractivity contribution in [3.63, 3.8) is 0 Å². The van der Waals surface area contributed by atoms with Gasteiger partial charge >= 0.3 is 0 Å². The van der Waals surface area contributed by atoms with Crippen LogP contribution in [0.5, 0.6) is 0 Å². The monoisotopic (exact) mass is 688 g/mol. The molecular formula is C28H48O11S4. The lowest BCUT2D eigenvalue weighted by molar-refractivity contribution is 0.248. The summed E-state index contributed by atoms with van der Waals surface area (Å²) in [7, 11) is -13.0. The van der Waals surface area contributed by atoms with Gasteiger partial charge in [-0.3, -0.25) is 12.5 Å². The standard InChI is InChI=1S/C10H14O3S.C10H14O2S.2C4H10O3S/c1-8(2)13-14(11,12)10-6-4-9(3)5-7-10;1-9(2)13(11,12)8-10-6-4-3-5-7-10;2*1-4(2)7-8(3,5)6/h4-8H,1-3H3;3-7,9H,8H2,1-2H3;2*4H,1-3H3. The smallest absolute Gasteiger partial charge is 0.268 e. The second-order valence-corrected chi connectivity index (χ2v) is 17.8. The summed E-state index contributed by atoms with van der Waals surface area (Å²) in [6, 6.07) is 15.8. The molecule has 0 aliphatic rings. The van der Waals surface area contributed by atoms with Crippen LogP contribution in [0.15, 0.2) is 59.5 Å². The van der Waals surface area contributed by atoms with Crippen molar-refractivity contribution in [2.45, 2.75) is 96.5 Å². The fourth-order valence-corrected chi connectivity index (χ4v) is 6.16. The fraction of sp³-hybridized carbons (Fsp3) is 0.571. The van der Waals surface area contributed by atoms with E-state index in [9.17, 15) is 33.7 Å². The van der Waals surface area contributed by atoms with E-state index >= 15 is 0 Å². The third-order valence-electron chi connectivity index (χ3n) is 4.29. The predicted molar refractivity (Wildman–Crippen MR) is 171 cm³/mol. The molecule has 0 fully saturated rings. The van der Waals surface area contributed by atoms with E-state index in [0.29, 0.717) is 0 Å². The third kappa shape index (κ3) is 25.2. The normalized spacial score (nSPS) is 12.2. The first-order valence-corrected chi connectivity index (χ1v) is 20.0. The van der Waals surface area contributed by atoms with Crippen LogP contribution in [0.25, 0.3) is 0 Å². The van der Waals surface area contributed by atoms with E-state index in [1.807, 2.05) is 37.3 Å². The number of sulfone groups is 1. The van der Waals surface area contributed by atoms with Crippen molar-refractivity contribution in [2.75, 3.05) is 12.5 Å². The molecule has 0 bridgehead atoms. The average molecular weight is 689 g/mol. The summed E-state index contributed by atoms with van der Waals surface area (Å²) >= 11 is 0. The summed E-state index contributed by atoms with van der Waals surface area (Å²) in [4.78, 5) is 0.205. The van der Waals surface area contributed by atoms with Crippen molar-refractivity contribution >= 4 is 40.2 Å². The number of hydrogen-bond donors (Lipinski definition) is 0. The van der Waals surface area contributed by atoms with Crippen molar-refractivity contribution in [3.05, 3.63) is 65.7 Å². The molecule has 2 rings (SSSR count). The van der Waals surface area contributed by atoms with E-state index in [2.05, 4.69) is 8.37 Å². The van der Waals surface area contributed by atoms with Crippen molar-refractivity contribution in [3.8, 4) is 0 Å². The Morgan fingerprint density at radius 3 is 1.21 bits per heavy atom. The van der Waals surface area contributed by atoms with Crippen LogP contribution in [0.3, 0.4) is 0 Å². The molecule has 0 atom stereocenters. The van der Waals surface area contributed by atoms with Crippen molar-refractivity contribution in [1.29, 1.82) is 0 Å². The summed E-state index contributed by atoms with van der Waals surface area (Å²) < 4.78 is 101. The molecule has 0 N–H and O–H groups in total. The molecule has 0 spiro atoms. The van der Waals surface area contributed by atoms with Gasteiger partial charge in [0.05, 0.1) is 46.7 Å². The van der Waals surface area contributed by atoms with Gasteiger partial charge in [0.15, 0.2) is 9.84 Å². The highest BCUT2D eigenvalue weighted by Crippen LogP contribution is 2.14. The maximum atomic E-state index is 11.5. The Morgan fingerprint density at radius 2 is 0.930 bits per heavy atom. The molecule has 0 heterocycles. The summed E-state index contributed by atoms with van der Waals surface area (Å²) in [5, 5.41) is -0.298. The predicted octanol–water partition coefficient (Wildman–Crippen LogP) is 4.86. The Balaban J connectivity index is 0. The molecule has 43 heavy (non-hydrogen) atoms. The molecule has 2 aromatic rings. The molecule has 0 saturated carbocycles. The van der Waals surface area contributed by atoms with E-state index in [0.717, 1.165) is 23.6 Å². The van der Waals surface area contributed by atoms with E-state index < -0.39 is 40.2 Å². The van der Waals surface area contributed by atoms with Crippen LogP contribution in [-0.4, -0.2) is 69.7 Å². The zero-order valence-electron chi connectivity index (χ0n) is 26.8. The molecule has 0 saturated heterocycles. The second-order valence-electron chi connectivity index (χ2n) is 10.5. The molecular weight excluding hydrogens is 641 g/mol. The van der Waals surface area contributed by atoms with Gasteiger partial charge in [-0.2, -0.15) is 25.3 Å². The summed E-state index contributed by atoms with van der Waals surface area (Å²) in [5.41, 5.74) is 1.88. The van der Waals surface area contributed by atoms with Crippen molar-refractivity contribution in [2.24, 2.45) is 0 Å². The number of aryl methyl sites for hydroxylation is 1. The van der Waals surface area contributed by atoms with E-state index in [4.69, 9.17) is 4.18 Å². The minimum Gasteiger partial charge on any atom is -0.268 e. The van der Waals surface area contributed by atoms with Gasteiger partial charge in [-0.25, -0.2) is 8.42 Å². The minimum atomic E-state index is -3.58. The first kappa shape index (κ1) is 43.2. The van der Waals surface area contributed by atoms with Crippen LogP contribution in [0.2, 0.25) is 0 Å². The first-order chi connectivity index (χ1) is 19.3. The SMILES string of the molecule is CC(C)OS(C)(=O)=O.CC(C)OS(C)(=O)=O.CC(C)S(=O)(=O)Cc1ccccc1.Cc1ccc(S(=O)(=O)OC(C)C)cc1. The Labute approximate surface area is 260 Å². The second kappa shape index (κ2) is 19.5. The van der Waals surface area contributed by atoms with Crippen LogP contribution in [0.4, 0.5) is 0 Å². The lowest BCUT2D eigenvalue weighted by atomic mass is 10.2. The number of benzene rings is 2. The summed E-state index contributed by atoms with van der Waals surface area (Å²) in [5.74, 6) is 0.144. The highest BCUT2D eigenvalue weighted by Gasteiger charge is 2.17. The molecule has 11 nitrogen and oxygen atoms in total. The van der Waals surface area contributed by atoms with Crippen LogP contribution >= 0.6 is 0 Å². The fourth-order valence-electron chi connectivity index (χ4n) is 2.69. The van der Waals surface area contributed by atoms with Gasteiger partial charge in [-0.1, -0.05) is 48.0 Å². The van der Waals surface area contributed by atoms with Gasteiger partial charge in [0, 0.05) is 0 Å². The van der Waals surface area contributed by atoms with E-state index in [-0.39, 0.29) is 34.2 Å². The topological polar surface area (TPSA) is 164 Å². The third-order valence-corrected chi connectivity index (χ3v) is 9.42. The minimum absolute atomic E-state index is 0.144. The molecule has 0 aliphatic carbocycles. The lowest BCUT2D eigenvalue weighted by Gasteiger charge is -2.08. The number of rotatable bonds is 10. The van der Waals surface area contributed by atoms with Crippen molar-refractivity contribution < 1.29 is 46.2 Å². The largest absolute Gasteiger partial charge is 0.297 e. The zero-order chi connectivity index (χ0) is 34.2. The molecule has 2 aromatic carbocycles. The average Bonchev–Trinajstić information content (AvgIpc) is 2.77. The van der Waals surface area contributed by atoms with Gasteiger partial charge < -0.3 is 0 Å². The summed E-state index contributed by atoms with van der Waals surface area (Å²) in [6.07, 6.45) is 1.25. The maximum absolute atomic E-state index is 11.5.